The first kappa shape index (κ1) is 79.7. The standard InChI is InChI=1S/C27H24N5O12S4.Cu.5Na.2H2O4S.O3S/c1-3-45(35,36)16-5-9-20(24(33)13-16)29-31-23-12-7-18-19(27(23)34)8-11-22(28-15-47(39,40)41)26(18)32-30-21-10-6-17(46(37,38)4-2)14-25(21)48(42,43)44;;;;;;;2*1-5(2,3)4;1-4(2)3/h5-11,13-14,28,33-34H,1-4,15H2,(H,39,40,41)(H,42,43,44);;;;;;;2*(H2,1,2,3,4);/q-3;;5*+1;;;/p-4. The van der Waals surface area contributed by atoms with Gasteiger partial charge in [-0.3, -0.25) is 9.11 Å². The molecule has 0 unspecified atom stereocenters. The Balaban J connectivity index is -0.000000422. The van der Waals surface area contributed by atoms with Crippen molar-refractivity contribution in [2.45, 2.75) is 14.7 Å². The van der Waals surface area contributed by atoms with E-state index >= 15 is 0 Å². The van der Waals surface area contributed by atoms with Crippen LogP contribution in [0.1, 0.15) is 0 Å². The summed E-state index contributed by atoms with van der Waals surface area (Å²) >= 11 is 0. The molecule has 0 aliphatic heterocycles. The minimum absolute atomic E-state index is 0. The van der Waals surface area contributed by atoms with E-state index in [1.807, 2.05) is 0 Å². The van der Waals surface area contributed by atoms with Crippen LogP contribution in [0.25, 0.3) is 10.8 Å². The third-order valence-electron chi connectivity index (χ3n) is 6.41. The van der Waals surface area contributed by atoms with Crippen LogP contribution in [0, 0.1) is 19.9 Å². The number of hydrogen-bond acceptors (Lipinski definition) is 26. The largest absolute Gasteiger partial charge is 1.00 e. The molecule has 4 rings (SSSR count). The number of fused-ring (bicyclic) bond motifs is 1. The molecule has 0 aromatic heterocycles. The van der Waals surface area contributed by atoms with Gasteiger partial charge in [-0.15, -0.1) is 17.7 Å². The first-order valence-corrected chi connectivity index (χ1v) is 24.8. The van der Waals surface area contributed by atoms with Crippen LogP contribution in [-0.4, -0.2) is 118 Å². The number of phenolic OH excluding ortho intramolecular Hbond substituents is 2. The van der Waals surface area contributed by atoms with Crippen LogP contribution in [0.2, 0.25) is 0 Å². The molecule has 0 amide bonds. The summed E-state index contributed by atoms with van der Waals surface area (Å²) < 4.78 is 209. The molecule has 1 radical (unpaired) electrons. The average Bonchev–Trinajstić information content (AvgIpc) is 3.11. The van der Waals surface area contributed by atoms with Crippen LogP contribution < -0.4 is 153 Å². The molecule has 68 heavy (non-hydrogen) atoms. The Labute approximate surface area is 511 Å². The van der Waals surface area contributed by atoms with E-state index in [1.54, 1.807) is 0 Å². The van der Waals surface area contributed by atoms with Gasteiger partial charge in [-0.2, -0.15) is 27.5 Å². The Morgan fingerprint density at radius 1 is 0.618 bits per heavy atom. The van der Waals surface area contributed by atoms with Crippen molar-refractivity contribution < 1.29 is 266 Å². The normalized spacial score (nSPS) is 11.3. The van der Waals surface area contributed by atoms with Crippen molar-refractivity contribution in [3.05, 3.63) is 74.5 Å². The molecule has 5 N–H and O–H groups in total. The molecule has 0 fully saturated rings. The molecule has 0 heterocycles. The molecule has 0 spiro atoms. The number of anilines is 1. The van der Waals surface area contributed by atoms with E-state index in [4.69, 9.17) is 47.7 Å². The van der Waals surface area contributed by atoms with E-state index in [2.05, 4.69) is 45.7 Å². The molecule has 355 valence electrons. The first-order valence-electron chi connectivity index (χ1n) is 14.8. The molecular weight excluding hydrogens is 1170 g/mol. The fourth-order valence-electron chi connectivity index (χ4n) is 3.99. The van der Waals surface area contributed by atoms with Crippen LogP contribution in [-0.2, 0) is 88.4 Å². The van der Waals surface area contributed by atoms with E-state index < -0.39 is 116 Å². The second kappa shape index (κ2) is 34.0. The Bertz CT molecular complexity index is 3160. The summed E-state index contributed by atoms with van der Waals surface area (Å²) in [5.41, 5.74) is -1.49. The van der Waals surface area contributed by atoms with Gasteiger partial charge in [0.05, 0.1) is 26.1 Å². The topological polar surface area (TPSA) is 491 Å². The third-order valence-corrected chi connectivity index (χ3v) is 10.8. The molecule has 4 aromatic carbocycles. The predicted molar refractivity (Wildman–Crippen MR) is 203 cm³/mol. The summed E-state index contributed by atoms with van der Waals surface area (Å²) in [6, 6.07) is 12.0. The molecule has 4 aromatic rings. The van der Waals surface area contributed by atoms with Gasteiger partial charge in [0.2, 0.25) is 20.8 Å². The number of hydrogen-bond donors (Lipinski definition) is 5. The minimum atomic E-state index is -5.31. The average molecular weight is 1190 g/mol. The molecule has 0 saturated heterocycles. The van der Waals surface area contributed by atoms with Crippen molar-refractivity contribution in [3.63, 3.8) is 0 Å². The summed E-state index contributed by atoms with van der Waals surface area (Å²) in [4.78, 5) is -1.77. The zero-order chi connectivity index (χ0) is 48.2. The van der Waals surface area contributed by atoms with Crippen molar-refractivity contribution >= 4 is 111 Å². The van der Waals surface area contributed by atoms with Gasteiger partial charge >= 0.3 is 158 Å². The van der Waals surface area contributed by atoms with Gasteiger partial charge in [-0.25, -0.2) is 50.5 Å². The van der Waals surface area contributed by atoms with Crippen molar-refractivity contribution in [1.29, 1.82) is 0 Å². The maximum Gasteiger partial charge on any atom is 1.00 e. The molecule has 0 aliphatic carbocycles. The summed E-state index contributed by atoms with van der Waals surface area (Å²) in [5, 5.41) is 38.9. The molecule has 0 bridgehead atoms. The van der Waals surface area contributed by atoms with Crippen LogP contribution in [0.4, 0.5) is 28.4 Å². The zero-order valence-electron chi connectivity index (χ0n) is 35.2. The Kier molecular flexibility index (Phi) is 39.9. The van der Waals surface area contributed by atoms with Gasteiger partial charge < -0.3 is 47.6 Å². The van der Waals surface area contributed by atoms with Crippen molar-refractivity contribution in [2.24, 2.45) is 20.5 Å². The maximum absolute atomic E-state index is 12.2. The van der Waals surface area contributed by atoms with Gasteiger partial charge in [0, 0.05) is 34.6 Å². The van der Waals surface area contributed by atoms with E-state index in [0.29, 0.717) is 6.07 Å². The number of rotatable bonds is 12. The molecule has 28 nitrogen and oxygen atoms in total. The number of nitrogens with one attached hydrogen (secondary N) is 1. The number of phenols is 2. The molecular formula is C27H24CuN5Na5O23S7-2. The van der Waals surface area contributed by atoms with E-state index in [9.17, 15) is 53.0 Å². The van der Waals surface area contributed by atoms with E-state index in [1.165, 1.54) is 24.3 Å². The van der Waals surface area contributed by atoms with Crippen LogP contribution >= 0.6 is 0 Å². The minimum Gasteiger partial charge on any atom is -0.747 e. The Morgan fingerprint density at radius 3 is 1.43 bits per heavy atom. The molecule has 41 heteroatoms. The van der Waals surface area contributed by atoms with Gasteiger partial charge in [0.15, 0.2) is 19.7 Å². The van der Waals surface area contributed by atoms with Crippen LogP contribution in [0.5, 0.6) is 11.5 Å². The number of azo groups is 2. The number of nitrogens with zero attached hydrogens (tertiary/aromatic N) is 4. The quantitative estimate of drug-likeness (QED) is 0.0289. The van der Waals surface area contributed by atoms with Crippen molar-refractivity contribution in [3.8, 4) is 11.5 Å². The summed E-state index contributed by atoms with van der Waals surface area (Å²) in [5.74, 6) is -3.34. The zero-order valence-corrected chi connectivity index (χ0v) is 51.9. The summed E-state index contributed by atoms with van der Waals surface area (Å²) in [6.07, 6.45) is 0. The second-order valence-electron chi connectivity index (χ2n) is 10.6. The summed E-state index contributed by atoms with van der Waals surface area (Å²) in [7, 11) is -30.9. The van der Waals surface area contributed by atoms with Crippen molar-refractivity contribution in [1.82, 2.24) is 0 Å². The number of sulfone groups is 2. The van der Waals surface area contributed by atoms with Crippen LogP contribution in [0.3, 0.4) is 0 Å². The first-order chi connectivity index (χ1) is 28.0. The van der Waals surface area contributed by atoms with Crippen molar-refractivity contribution in [2.75, 3.05) is 22.7 Å². The number of benzene rings is 4. The van der Waals surface area contributed by atoms with E-state index in [-0.39, 0.29) is 203 Å². The fourth-order valence-corrected chi connectivity index (χ4v) is 6.64. The van der Waals surface area contributed by atoms with Gasteiger partial charge in [0.25, 0.3) is 0 Å². The molecule has 0 atom stereocenters. The van der Waals surface area contributed by atoms with Crippen LogP contribution in [0.15, 0.2) is 89.7 Å². The smallest absolute Gasteiger partial charge is 0.747 e. The Morgan fingerprint density at radius 2 is 1.03 bits per heavy atom. The molecule has 0 saturated carbocycles. The second-order valence-corrected chi connectivity index (χ2v) is 19.7. The van der Waals surface area contributed by atoms with Gasteiger partial charge in [-0.1, -0.05) is 28.3 Å². The fraction of sp³-hybridized carbons (Fsp3) is 0.111. The molecule has 0 aliphatic rings. The monoisotopic (exact) mass is 1190 g/mol. The Hall–Kier alpha value is 0.339. The third kappa shape index (κ3) is 30.5. The van der Waals surface area contributed by atoms with Gasteiger partial charge in [-0.05, 0) is 36.4 Å². The number of aromatic hydroxyl groups is 2. The predicted octanol–water partition coefficient (Wildman–Crippen LogP) is -14.1. The van der Waals surface area contributed by atoms with E-state index in [0.717, 1.165) is 24.3 Å². The summed E-state index contributed by atoms with van der Waals surface area (Å²) in [6.45, 7) is 6.58. The SMILES string of the molecule is O=S(=O)([O-])O.O=S(=O)([O-])O.O=S(=O)=O.[CH2-]CS(=O)(=O)c1ccc(N=Nc2[c-]cc3c(N=Nc4ccc(S(=O)(=O)C[CH2-])cc4S(=O)(=O)[O-])c(NCS(=O)(=O)[O-])ccc3c2O)c(O)c1.[Cu].[Na+].[Na+].[Na+].[Na+].[Na+]. The maximum atomic E-state index is 12.2. The van der Waals surface area contributed by atoms with Gasteiger partial charge in [0.1, 0.15) is 43.2 Å².